The number of benzene rings is 2. The van der Waals surface area contributed by atoms with Gasteiger partial charge in [-0.2, -0.15) is 0 Å². The summed E-state index contributed by atoms with van der Waals surface area (Å²) in [5, 5.41) is 9.65. The Labute approximate surface area is 177 Å². The van der Waals surface area contributed by atoms with E-state index in [0.717, 1.165) is 16.7 Å². The van der Waals surface area contributed by atoms with Crippen molar-refractivity contribution in [2.75, 3.05) is 18.1 Å². The molecule has 1 heterocycles. The molecule has 1 aliphatic rings. The predicted molar refractivity (Wildman–Crippen MR) is 109 cm³/mol. The Kier molecular flexibility index (Phi) is 6.73. The summed E-state index contributed by atoms with van der Waals surface area (Å²) in [6.45, 7) is 1.62. The van der Waals surface area contributed by atoms with Crippen LogP contribution < -0.4 is 10.0 Å². The zero-order valence-corrected chi connectivity index (χ0v) is 17.0. The van der Waals surface area contributed by atoms with Gasteiger partial charge in [-0.3, -0.25) is 19.3 Å². The van der Waals surface area contributed by atoms with Gasteiger partial charge in [-0.05, 0) is 48.0 Å². The molecule has 0 bridgehead atoms. The lowest BCUT2D eigenvalue weighted by atomic mass is 10.1. The lowest BCUT2D eigenvalue weighted by molar-refractivity contribution is -0.255. The first-order valence-corrected chi connectivity index (χ1v) is 10.1. The van der Waals surface area contributed by atoms with Crippen LogP contribution in [0.2, 0.25) is 0 Å². The van der Waals surface area contributed by atoms with Crippen molar-refractivity contribution in [2.45, 2.75) is 18.8 Å². The highest BCUT2D eigenvalue weighted by atomic mass is 32.2. The number of hydrogen-bond acceptors (Lipinski definition) is 8. The molecule has 0 spiro atoms. The summed E-state index contributed by atoms with van der Waals surface area (Å²) in [4.78, 5) is 51.4. The maximum Gasteiger partial charge on any atom is 0.325 e. The summed E-state index contributed by atoms with van der Waals surface area (Å²) in [5.74, 6) is -2.34. The van der Waals surface area contributed by atoms with Crippen molar-refractivity contribution in [3.8, 4) is 0 Å². The molecule has 0 radical (unpaired) electrons. The highest BCUT2D eigenvalue weighted by molar-refractivity contribution is 8.15. The minimum atomic E-state index is -1.34. The van der Waals surface area contributed by atoms with E-state index in [-0.39, 0.29) is 25.3 Å². The zero-order valence-electron chi connectivity index (χ0n) is 16.1. The second-order valence-electron chi connectivity index (χ2n) is 6.42. The van der Waals surface area contributed by atoms with E-state index in [0.29, 0.717) is 11.3 Å². The Hall–Kier alpha value is -3.33. The van der Waals surface area contributed by atoms with Gasteiger partial charge < -0.3 is 19.5 Å². The molecule has 1 aliphatic heterocycles. The first-order chi connectivity index (χ1) is 14.4. The molecule has 0 aliphatic carbocycles. The van der Waals surface area contributed by atoms with Gasteiger partial charge in [-0.15, -0.1) is 0 Å². The number of carboxylic acids is 1. The highest BCUT2D eigenvalue weighted by Crippen LogP contribution is 2.33. The number of nitrogens with zero attached hydrogens (tertiary/aromatic N) is 2. The average Bonchev–Trinajstić information content (AvgIpc) is 3.01. The minimum Gasteiger partial charge on any atom is -0.545 e. The number of imide groups is 1. The Bertz CT molecular complexity index is 965. The summed E-state index contributed by atoms with van der Waals surface area (Å²) in [7, 11) is 0. The van der Waals surface area contributed by atoms with Gasteiger partial charge in [0, 0.05) is 5.69 Å². The monoisotopic (exact) mass is 427 g/mol. The number of para-hydroxylation sites is 1. The molecule has 0 aromatic heterocycles. The van der Waals surface area contributed by atoms with Gasteiger partial charge >= 0.3 is 5.97 Å². The number of esters is 1. The van der Waals surface area contributed by atoms with Crippen LogP contribution in [0.4, 0.5) is 10.5 Å². The van der Waals surface area contributed by atoms with Gasteiger partial charge in [-0.1, -0.05) is 36.4 Å². The van der Waals surface area contributed by atoms with Gasteiger partial charge in [0.1, 0.15) is 6.54 Å². The van der Waals surface area contributed by atoms with Crippen LogP contribution in [0.1, 0.15) is 22.8 Å². The normalized spacial score (nSPS) is 15.9. The number of amides is 2. The third-order valence-electron chi connectivity index (χ3n) is 4.39. The molecule has 3 rings (SSSR count). The molecule has 2 aromatic rings. The van der Waals surface area contributed by atoms with Crippen molar-refractivity contribution < 1.29 is 29.0 Å². The Morgan fingerprint density at radius 1 is 1.13 bits per heavy atom. The number of carbonyl (C=O) groups is 4. The van der Waals surface area contributed by atoms with Crippen LogP contribution in [0.15, 0.2) is 54.6 Å². The molecule has 0 N–H and O–H groups in total. The fraction of sp³-hybridized carbons (Fsp3) is 0.238. The molecular weight excluding hydrogens is 408 g/mol. The van der Waals surface area contributed by atoms with Crippen LogP contribution in [0.3, 0.4) is 0 Å². The van der Waals surface area contributed by atoms with Crippen LogP contribution in [-0.4, -0.2) is 46.5 Å². The van der Waals surface area contributed by atoms with Gasteiger partial charge in [-0.25, -0.2) is 0 Å². The first-order valence-electron chi connectivity index (χ1n) is 9.20. The number of ether oxygens (including phenoxy) is 1. The Balaban J connectivity index is 1.83. The number of aromatic carboxylic acids is 1. The molecule has 1 fully saturated rings. The van der Waals surface area contributed by atoms with Crippen molar-refractivity contribution in [2.24, 2.45) is 0 Å². The fourth-order valence-electron chi connectivity index (χ4n) is 3.03. The molecule has 2 aromatic carbocycles. The fourth-order valence-corrected chi connectivity index (χ4v) is 4.05. The smallest absolute Gasteiger partial charge is 0.325 e. The summed E-state index contributed by atoms with van der Waals surface area (Å²) in [6, 6.07) is 14.7. The van der Waals surface area contributed by atoms with Gasteiger partial charge in [0.2, 0.25) is 0 Å². The van der Waals surface area contributed by atoms with Crippen molar-refractivity contribution in [1.82, 2.24) is 4.90 Å². The molecule has 8 nitrogen and oxygen atoms in total. The summed E-state index contributed by atoms with van der Waals surface area (Å²) < 4.78 is 5.01. The number of anilines is 1. The van der Waals surface area contributed by atoms with E-state index < -0.39 is 28.5 Å². The summed E-state index contributed by atoms with van der Waals surface area (Å²) in [6.07, 6.45) is 0. The minimum absolute atomic E-state index is 0.0379. The van der Waals surface area contributed by atoms with E-state index in [1.165, 1.54) is 23.1 Å². The second-order valence-corrected chi connectivity index (χ2v) is 7.45. The first kappa shape index (κ1) is 21.4. The summed E-state index contributed by atoms with van der Waals surface area (Å²) >= 11 is 0.801. The molecule has 9 heteroatoms. The second kappa shape index (κ2) is 9.45. The van der Waals surface area contributed by atoms with Crippen LogP contribution in [-0.2, 0) is 20.9 Å². The largest absolute Gasteiger partial charge is 0.545 e. The number of rotatable bonds is 8. The van der Waals surface area contributed by atoms with Crippen molar-refractivity contribution in [3.05, 3.63) is 65.7 Å². The number of carbonyl (C=O) groups excluding carboxylic acids is 4. The van der Waals surface area contributed by atoms with E-state index in [2.05, 4.69) is 0 Å². The van der Waals surface area contributed by atoms with Crippen LogP contribution in [0, 0.1) is 0 Å². The lowest BCUT2D eigenvalue weighted by Crippen LogP contribution is -2.44. The molecular formula is C21H19N2O6S-. The van der Waals surface area contributed by atoms with E-state index in [4.69, 9.17) is 4.74 Å². The average molecular weight is 427 g/mol. The van der Waals surface area contributed by atoms with E-state index >= 15 is 0 Å². The molecule has 1 atom stereocenters. The SMILES string of the molecule is CCOC(=O)CN(c1ccccc1)[C@H]1SC(=O)N(Cc2cccc(C(=O)[O-])c2)C1=O. The van der Waals surface area contributed by atoms with Crippen LogP contribution in [0.25, 0.3) is 0 Å². The number of hydrogen-bond donors (Lipinski definition) is 0. The van der Waals surface area contributed by atoms with Gasteiger partial charge in [0.15, 0.2) is 5.37 Å². The van der Waals surface area contributed by atoms with E-state index in [9.17, 15) is 24.3 Å². The lowest BCUT2D eigenvalue weighted by Gasteiger charge is -2.27. The van der Waals surface area contributed by atoms with E-state index in [1.54, 1.807) is 43.3 Å². The van der Waals surface area contributed by atoms with E-state index in [1.807, 2.05) is 0 Å². The van der Waals surface area contributed by atoms with Crippen molar-refractivity contribution in [3.63, 3.8) is 0 Å². The van der Waals surface area contributed by atoms with Crippen molar-refractivity contribution in [1.29, 1.82) is 0 Å². The molecule has 0 saturated carbocycles. The molecule has 2 amide bonds. The quantitative estimate of drug-likeness (QED) is 0.585. The van der Waals surface area contributed by atoms with Crippen LogP contribution >= 0.6 is 11.8 Å². The molecule has 30 heavy (non-hydrogen) atoms. The Morgan fingerprint density at radius 3 is 2.53 bits per heavy atom. The number of thioether (sulfide) groups is 1. The maximum atomic E-state index is 13.1. The third-order valence-corrected chi connectivity index (χ3v) is 5.49. The third kappa shape index (κ3) is 4.80. The topological polar surface area (TPSA) is 107 Å². The standard InChI is InChI=1S/C21H20N2O6S/c1-2-29-17(24)13-22(16-9-4-3-5-10-16)19-18(25)23(21(28)30-19)12-14-7-6-8-15(11-14)20(26)27/h3-11,19H,2,12-13H2,1H3,(H,26,27)/p-1/t19-/m0/s1. The maximum absolute atomic E-state index is 13.1. The molecule has 0 unspecified atom stereocenters. The molecule has 1 saturated heterocycles. The zero-order chi connectivity index (χ0) is 21.7. The molecule has 156 valence electrons. The number of carboxylic acid groups (broad SMARTS) is 1. The predicted octanol–water partition coefficient (Wildman–Crippen LogP) is 1.64. The Morgan fingerprint density at radius 2 is 1.87 bits per heavy atom. The van der Waals surface area contributed by atoms with Gasteiger partial charge in [0.05, 0.1) is 19.1 Å². The van der Waals surface area contributed by atoms with Crippen molar-refractivity contribution >= 4 is 40.5 Å². The van der Waals surface area contributed by atoms with Crippen LogP contribution in [0.5, 0.6) is 0 Å². The van der Waals surface area contributed by atoms with Gasteiger partial charge in [0.25, 0.3) is 11.1 Å². The highest BCUT2D eigenvalue weighted by Gasteiger charge is 2.43. The summed E-state index contributed by atoms with van der Waals surface area (Å²) in [5.41, 5.74) is 1.05.